The van der Waals surface area contributed by atoms with Crippen LogP contribution in [0.3, 0.4) is 0 Å². The Bertz CT molecular complexity index is 403. The lowest BCUT2D eigenvalue weighted by molar-refractivity contribution is -0.116. The summed E-state index contributed by atoms with van der Waals surface area (Å²) in [6, 6.07) is 0. The molecule has 4 heteroatoms. The maximum Gasteiger partial charge on any atom is 0.168 e. The van der Waals surface area contributed by atoms with Crippen molar-refractivity contribution in [3.63, 3.8) is 0 Å². The van der Waals surface area contributed by atoms with Gasteiger partial charge in [0.05, 0.1) is 17.7 Å². The zero-order chi connectivity index (χ0) is 11.2. The zero-order valence-corrected chi connectivity index (χ0v) is 9.43. The van der Waals surface area contributed by atoms with Gasteiger partial charge in [0.15, 0.2) is 5.78 Å². The van der Waals surface area contributed by atoms with Crippen LogP contribution in [0.4, 0.5) is 0 Å². The molecule has 0 aromatic carbocycles. The molecule has 86 valence electrons. The van der Waals surface area contributed by atoms with Crippen LogP contribution in [-0.4, -0.2) is 31.1 Å². The molecule has 0 aromatic rings. The second-order valence-corrected chi connectivity index (χ2v) is 4.79. The van der Waals surface area contributed by atoms with Crippen molar-refractivity contribution in [2.75, 3.05) is 19.8 Å². The van der Waals surface area contributed by atoms with Crippen molar-refractivity contribution in [2.45, 2.75) is 25.3 Å². The van der Waals surface area contributed by atoms with Gasteiger partial charge in [-0.1, -0.05) is 5.57 Å². The summed E-state index contributed by atoms with van der Waals surface area (Å²) in [6.07, 6.45) is 3.42. The number of rotatable bonds is 0. The first-order valence-corrected chi connectivity index (χ1v) is 5.75. The summed E-state index contributed by atoms with van der Waals surface area (Å²) in [4.78, 5) is 12.2. The van der Waals surface area contributed by atoms with Crippen LogP contribution in [0.15, 0.2) is 23.0 Å². The molecule has 3 rings (SSSR count). The molecule has 1 saturated heterocycles. The third-order valence-corrected chi connectivity index (χ3v) is 3.59. The van der Waals surface area contributed by atoms with Crippen LogP contribution in [-0.2, 0) is 9.53 Å². The number of fused-ring (bicyclic) bond motifs is 1. The average molecular weight is 220 g/mol. The largest absolute Gasteiger partial charge is 0.493 e. The molecular formula is C12H16N2O2. The molecule has 1 atom stereocenters. The Kier molecular flexibility index (Phi) is 2.16. The second-order valence-electron chi connectivity index (χ2n) is 4.79. The summed E-state index contributed by atoms with van der Waals surface area (Å²) in [5.74, 6) is 1.00. The zero-order valence-electron chi connectivity index (χ0n) is 9.43. The van der Waals surface area contributed by atoms with E-state index >= 15 is 0 Å². The lowest BCUT2D eigenvalue weighted by atomic mass is 9.78. The Hall–Kier alpha value is -1.13. The Morgan fingerprint density at radius 3 is 3.12 bits per heavy atom. The molecule has 0 saturated carbocycles. The van der Waals surface area contributed by atoms with E-state index in [1.165, 1.54) is 0 Å². The number of hydrogen-bond acceptors (Lipinski definition) is 4. The Morgan fingerprint density at radius 1 is 1.50 bits per heavy atom. The van der Waals surface area contributed by atoms with Gasteiger partial charge in [-0.15, -0.1) is 0 Å². The summed E-state index contributed by atoms with van der Waals surface area (Å²) < 4.78 is 5.62. The maximum absolute atomic E-state index is 12.2. The molecule has 0 radical (unpaired) electrons. The minimum Gasteiger partial charge on any atom is -0.493 e. The molecule has 1 fully saturated rings. The maximum atomic E-state index is 12.2. The van der Waals surface area contributed by atoms with Crippen molar-refractivity contribution < 1.29 is 9.53 Å². The highest BCUT2D eigenvalue weighted by Crippen LogP contribution is 2.36. The van der Waals surface area contributed by atoms with E-state index in [4.69, 9.17) is 4.74 Å². The van der Waals surface area contributed by atoms with Gasteiger partial charge in [0.1, 0.15) is 5.76 Å². The molecular weight excluding hydrogens is 204 g/mol. The topological polar surface area (TPSA) is 50.4 Å². The van der Waals surface area contributed by atoms with E-state index in [9.17, 15) is 4.79 Å². The van der Waals surface area contributed by atoms with Crippen LogP contribution in [0.25, 0.3) is 0 Å². The van der Waals surface area contributed by atoms with Crippen LogP contribution < -0.4 is 10.6 Å². The fraction of sp³-hybridized carbons (Fsp3) is 0.583. The minimum absolute atomic E-state index is 0.179. The average Bonchev–Trinajstić information content (AvgIpc) is 2.66. The van der Waals surface area contributed by atoms with E-state index in [2.05, 4.69) is 10.6 Å². The van der Waals surface area contributed by atoms with Gasteiger partial charge < -0.3 is 10.1 Å². The summed E-state index contributed by atoms with van der Waals surface area (Å²) in [7, 11) is 0. The SMILES string of the molecule is CC1=CC2=C(C(=O)C1)C1(CCO2)CNCN1. The number of carbonyl (C=O) groups excluding carboxylic acids is 1. The predicted octanol–water partition coefficient (Wildman–Crippen LogP) is 0.469. The van der Waals surface area contributed by atoms with Gasteiger partial charge in [-0.05, 0) is 13.0 Å². The first kappa shape index (κ1) is 10.1. The normalized spacial score (nSPS) is 33.8. The third-order valence-electron chi connectivity index (χ3n) is 3.59. The van der Waals surface area contributed by atoms with E-state index < -0.39 is 0 Å². The second kappa shape index (κ2) is 3.43. The van der Waals surface area contributed by atoms with Crippen molar-refractivity contribution in [1.29, 1.82) is 0 Å². The minimum atomic E-state index is -0.179. The van der Waals surface area contributed by atoms with E-state index in [1.807, 2.05) is 13.0 Å². The first-order chi connectivity index (χ1) is 7.71. The van der Waals surface area contributed by atoms with Crippen molar-refractivity contribution in [2.24, 2.45) is 0 Å². The molecule has 4 nitrogen and oxygen atoms in total. The van der Waals surface area contributed by atoms with Crippen molar-refractivity contribution in [3.8, 4) is 0 Å². The lowest BCUT2D eigenvalue weighted by Crippen LogP contribution is -2.51. The van der Waals surface area contributed by atoms with Gasteiger partial charge >= 0.3 is 0 Å². The quantitative estimate of drug-likeness (QED) is 0.623. The van der Waals surface area contributed by atoms with Crippen LogP contribution >= 0.6 is 0 Å². The van der Waals surface area contributed by atoms with Crippen LogP contribution in [0.2, 0.25) is 0 Å². The smallest absolute Gasteiger partial charge is 0.168 e. The molecule has 0 amide bonds. The number of allylic oxidation sites excluding steroid dienone is 2. The molecule has 16 heavy (non-hydrogen) atoms. The molecule has 2 aliphatic heterocycles. The van der Waals surface area contributed by atoms with E-state index in [-0.39, 0.29) is 11.3 Å². The number of ether oxygens (including phenoxy) is 1. The summed E-state index contributed by atoms with van der Waals surface area (Å²) in [6.45, 7) is 4.26. The van der Waals surface area contributed by atoms with Crippen molar-refractivity contribution >= 4 is 5.78 Å². The van der Waals surface area contributed by atoms with Gasteiger partial charge in [0.25, 0.3) is 0 Å². The standard InChI is InChI=1S/C12H16N2O2/c1-8-4-9(15)11-10(5-8)16-3-2-12(11)6-13-7-14-12/h5,13-14H,2-4,6-7H2,1H3. The molecule has 3 aliphatic rings. The van der Waals surface area contributed by atoms with Crippen LogP contribution in [0.5, 0.6) is 0 Å². The van der Waals surface area contributed by atoms with E-state index in [0.29, 0.717) is 13.0 Å². The number of ketones is 1. The number of Topliss-reactive ketones (excluding diaryl/α,β-unsaturated/α-hetero) is 1. The van der Waals surface area contributed by atoms with E-state index in [1.54, 1.807) is 0 Å². The molecule has 0 bridgehead atoms. The highest BCUT2D eigenvalue weighted by molar-refractivity contribution is 6.01. The van der Waals surface area contributed by atoms with Gasteiger partial charge in [-0.3, -0.25) is 10.1 Å². The molecule has 1 aliphatic carbocycles. The summed E-state index contributed by atoms with van der Waals surface area (Å²) in [5.41, 5.74) is 1.77. The molecule has 0 aromatic heterocycles. The van der Waals surface area contributed by atoms with Gasteiger partial charge in [-0.2, -0.15) is 0 Å². The Labute approximate surface area is 94.7 Å². The number of nitrogens with one attached hydrogen (secondary N) is 2. The monoisotopic (exact) mass is 220 g/mol. The number of hydrogen-bond donors (Lipinski definition) is 2. The summed E-state index contributed by atoms with van der Waals surface area (Å²) >= 11 is 0. The Balaban J connectivity index is 2.10. The third kappa shape index (κ3) is 1.33. The van der Waals surface area contributed by atoms with Gasteiger partial charge in [-0.25, -0.2) is 0 Å². The number of carbonyl (C=O) groups is 1. The first-order valence-electron chi connectivity index (χ1n) is 5.75. The molecule has 2 heterocycles. The fourth-order valence-electron chi connectivity index (χ4n) is 2.83. The Morgan fingerprint density at radius 2 is 2.38 bits per heavy atom. The van der Waals surface area contributed by atoms with Gasteiger partial charge in [0, 0.05) is 26.1 Å². The molecule has 1 unspecified atom stereocenters. The lowest BCUT2D eigenvalue weighted by Gasteiger charge is -2.37. The molecule has 1 spiro atoms. The molecule has 2 N–H and O–H groups in total. The van der Waals surface area contributed by atoms with Crippen LogP contribution in [0, 0.1) is 0 Å². The van der Waals surface area contributed by atoms with Crippen molar-refractivity contribution in [3.05, 3.63) is 23.0 Å². The van der Waals surface area contributed by atoms with Crippen LogP contribution in [0.1, 0.15) is 19.8 Å². The predicted molar refractivity (Wildman–Crippen MR) is 59.7 cm³/mol. The van der Waals surface area contributed by atoms with E-state index in [0.717, 1.165) is 36.5 Å². The highest BCUT2D eigenvalue weighted by atomic mass is 16.5. The van der Waals surface area contributed by atoms with Gasteiger partial charge in [0.2, 0.25) is 0 Å². The fourth-order valence-corrected chi connectivity index (χ4v) is 2.83. The highest BCUT2D eigenvalue weighted by Gasteiger charge is 2.45. The van der Waals surface area contributed by atoms with Crippen molar-refractivity contribution in [1.82, 2.24) is 10.6 Å². The summed E-state index contributed by atoms with van der Waals surface area (Å²) in [5, 5.41) is 6.69.